The van der Waals surface area contributed by atoms with Crippen molar-refractivity contribution in [1.29, 1.82) is 0 Å². The van der Waals surface area contributed by atoms with Crippen LogP contribution in [0.3, 0.4) is 0 Å². The van der Waals surface area contributed by atoms with Crippen LogP contribution in [0.2, 0.25) is 0 Å². The normalized spacial score (nSPS) is 23.5. The number of nitrogens with one attached hydrogen (secondary N) is 1. The Hall–Kier alpha value is -3.29. The number of methoxy groups -OCH3 is 2. The van der Waals surface area contributed by atoms with E-state index in [4.69, 9.17) is 14.2 Å². The highest BCUT2D eigenvalue weighted by Gasteiger charge is 2.63. The molecule has 210 valence electrons. The minimum atomic E-state index is -4.11. The van der Waals surface area contributed by atoms with Gasteiger partial charge in [0.15, 0.2) is 5.82 Å². The number of hydrogen-bond acceptors (Lipinski definition) is 10. The lowest BCUT2D eigenvalue weighted by Gasteiger charge is -2.61. The number of benzene rings is 1. The Morgan fingerprint density at radius 2 is 1.67 bits per heavy atom. The Kier molecular flexibility index (Phi) is 7.25. The van der Waals surface area contributed by atoms with E-state index in [1.54, 1.807) is 42.1 Å². The summed E-state index contributed by atoms with van der Waals surface area (Å²) in [4.78, 5) is 8.66. The highest BCUT2D eigenvalue weighted by Crippen LogP contribution is 2.63. The quantitative estimate of drug-likeness (QED) is 0.359. The summed E-state index contributed by atoms with van der Waals surface area (Å²) in [6.07, 6.45) is 2.55. The van der Waals surface area contributed by atoms with Crippen LogP contribution >= 0.6 is 0 Å². The molecule has 0 saturated heterocycles. The average Bonchev–Trinajstić information content (AvgIpc) is 3.26. The van der Waals surface area contributed by atoms with Crippen molar-refractivity contribution < 1.29 is 27.7 Å². The SMILES string of the molecule is COc1cccc(OC)c1-n1c(NS(=O)(=O)C(C)C(OC(C)C)c2ncc(C)cn2)nnc1C1[C@@H]2C[C@@H]1C2O. The maximum Gasteiger partial charge on any atom is 0.243 e. The van der Waals surface area contributed by atoms with Crippen LogP contribution in [0.4, 0.5) is 5.95 Å². The lowest BCUT2D eigenvalue weighted by atomic mass is 9.45. The molecule has 4 atom stereocenters. The second kappa shape index (κ2) is 10.4. The number of hydrogen-bond donors (Lipinski definition) is 2. The number of para-hydroxylation sites is 1. The smallest absolute Gasteiger partial charge is 0.243 e. The van der Waals surface area contributed by atoms with Gasteiger partial charge in [0.05, 0.1) is 26.4 Å². The van der Waals surface area contributed by atoms with Gasteiger partial charge in [0.25, 0.3) is 0 Å². The molecule has 3 saturated carbocycles. The molecule has 2 unspecified atom stereocenters. The van der Waals surface area contributed by atoms with E-state index in [1.165, 1.54) is 14.2 Å². The van der Waals surface area contributed by atoms with Crippen molar-refractivity contribution in [3.63, 3.8) is 0 Å². The first-order chi connectivity index (χ1) is 18.6. The minimum absolute atomic E-state index is 0.0199. The molecule has 12 nitrogen and oxygen atoms in total. The van der Waals surface area contributed by atoms with Crippen molar-refractivity contribution in [3.8, 4) is 17.2 Å². The Labute approximate surface area is 227 Å². The summed E-state index contributed by atoms with van der Waals surface area (Å²) in [5.74, 6) is 1.72. The molecule has 39 heavy (non-hydrogen) atoms. The molecule has 0 spiro atoms. The van der Waals surface area contributed by atoms with Gasteiger partial charge in [-0.3, -0.25) is 9.29 Å². The van der Waals surface area contributed by atoms with E-state index < -0.39 is 21.4 Å². The van der Waals surface area contributed by atoms with Crippen LogP contribution in [-0.4, -0.2) is 69.9 Å². The monoisotopic (exact) mass is 558 g/mol. The van der Waals surface area contributed by atoms with Crippen molar-refractivity contribution >= 4 is 16.0 Å². The first-order valence-corrected chi connectivity index (χ1v) is 14.4. The van der Waals surface area contributed by atoms with Gasteiger partial charge in [-0.05, 0) is 63.6 Å². The predicted octanol–water partition coefficient (Wildman–Crippen LogP) is 2.77. The highest BCUT2D eigenvalue weighted by molar-refractivity contribution is 7.93. The Morgan fingerprint density at radius 3 is 2.18 bits per heavy atom. The molecule has 1 aromatic carbocycles. The van der Waals surface area contributed by atoms with E-state index in [-0.39, 0.29) is 41.7 Å². The topological polar surface area (TPSA) is 151 Å². The lowest BCUT2D eigenvalue weighted by Crippen LogP contribution is -2.62. The van der Waals surface area contributed by atoms with E-state index in [1.807, 2.05) is 20.8 Å². The van der Waals surface area contributed by atoms with Gasteiger partial charge < -0.3 is 19.3 Å². The Morgan fingerprint density at radius 1 is 1.05 bits per heavy atom. The number of ether oxygens (including phenoxy) is 3. The zero-order chi connectivity index (χ0) is 28.1. The van der Waals surface area contributed by atoms with Gasteiger partial charge in [0.2, 0.25) is 16.0 Å². The van der Waals surface area contributed by atoms with Gasteiger partial charge in [-0.25, -0.2) is 18.4 Å². The molecule has 3 aliphatic carbocycles. The largest absolute Gasteiger partial charge is 0.494 e. The summed E-state index contributed by atoms with van der Waals surface area (Å²) in [6, 6.07) is 5.28. The van der Waals surface area contributed by atoms with Gasteiger partial charge in [-0.1, -0.05) is 6.07 Å². The molecular weight excluding hydrogens is 524 g/mol. The second-order valence-corrected chi connectivity index (χ2v) is 12.4. The minimum Gasteiger partial charge on any atom is -0.494 e. The molecule has 2 aromatic heterocycles. The third kappa shape index (κ3) is 4.72. The number of aliphatic hydroxyl groups excluding tert-OH is 1. The van der Waals surface area contributed by atoms with E-state index in [0.717, 1.165) is 12.0 Å². The maximum absolute atomic E-state index is 13.8. The number of rotatable bonds is 11. The molecule has 3 fully saturated rings. The zero-order valence-electron chi connectivity index (χ0n) is 22.8. The van der Waals surface area contributed by atoms with Gasteiger partial charge in [-0.2, -0.15) is 0 Å². The zero-order valence-corrected chi connectivity index (χ0v) is 23.6. The molecule has 13 heteroatoms. The third-order valence-corrected chi connectivity index (χ3v) is 9.27. The van der Waals surface area contributed by atoms with Crippen molar-refractivity contribution in [2.75, 3.05) is 18.9 Å². The Bertz CT molecular complexity index is 1410. The number of sulfonamides is 1. The lowest BCUT2D eigenvalue weighted by molar-refractivity contribution is -0.178. The molecule has 3 aliphatic rings. The van der Waals surface area contributed by atoms with Crippen LogP contribution in [0, 0.1) is 18.8 Å². The molecular formula is C26H34N6O6S. The van der Waals surface area contributed by atoms with Gasteiger partial charge in [0, 0.05) is 18.3 Å². The van der Waals surface area contributed by atoms with Gasteiger partial charge in [0.1, 0.15) is 34.4 Å². The second-order valence-electron chi connectivity index (χ2n) is 10.4. The summed E-state index contributed by atoms with van der Waals surface area (Å²) in [6.45, 7) is 7.04. The van der Waals surface area contributed by atoms with Crippen molar-refractivity contribution in [1.82, 2.24) is 24.7 Å². The number of nitrogens with zero attached hydrogens (tertiary/aromatic N) is 5. The fourth-order valence-corrected chi connectivity index (χ4v) is 6.33. The standard InChI is InChI=1S/C26H34N6O6S/c1-13(2)38-23(24-27-11-14(3)12-28-24)15(4)39(34,35)31-26-30-29-25(20-16-10-17(20)22(16)33)32(26)21-18(36-5)8-7-9-19(21)37-6/h7-9,11-13,15-17,20,22-23,33H,10H2,1-6H3,(H,30,31)/t15?,16-,17-,20?,22?,23?/m0/s1. The predicted molar refractivity (Wildman–Crippen MR) is 143 cm³/mol. The molecule has 6 rings (SSSR count). The number of aromatic nitrogens is 5. The van der Waals surface area contributed by atoms with Crippen LogP contribution in [-0.2, 0) is 14.8 Å². The highest BCUT2D eigenvalue weighted by atomic mass is 32.2. The number of aliphatic hydroxyl groups is 1. The van der Waals surface area contributed by atoms with E-state index in [2.05, 4.69) is 24.9 Å². The van der Waals surface area contributed by atoms with Crippen LogP contribution in [0.1, 0.15) is 56.4 Å². The van der Waals surface area contributed by atoms with E-state index in [0.29, 0.717) is 23.0 Å². The molecule has 2 N–H and O–H groups in total. The number of aryl methyl sites for hydroxylation is 1. The van der Waals surface area contributed by atoms with E-state index >= 15 is 0 Å². The molecule has 2 bridgehead atoms. The van der Waals surface area contributed by atoms with E-state index in [9.17, 15) is 13.5 Å². The summed E-state index contributed by atoms with van der Waals surface area (Å²) >= 11 is 0. The Balaban J connectivity index is 1.56. The average molecular weight is 559 g/mol. The van der Waals surface area contributed by atoms with Crippen LogP contribution < -0.4 is 14.2 Å². The summed E-state index contributed by atoms with van der Waals surface area (Å²) in [7, 11) is -1.07. The molecule has 3 aromatic rings. The van der Waals surface area contributed by atoms with Crippen molar-refractivity contribution in [2.45, 2.75) is 63.6 Å². The fourth-order valence-electron chi connectivity index (χ4n) is 5.25. The summed E-state index contributed by atoms with van der Waals surface area (Å²) in [5.41, 5.74) is 1.31. The van der Waals surface area contributed by atoms with Gasteiger partial charge in [-0.15, -0.1) is 10.2 Å². The first-order valence-electron chi connectivity index (χ1n) is 12.9. The van der Waals surface area contributed by atoms with Crippen LogP contribution in [0.15, 0.2) is 30.6 Å². The van der Waals surface area contributed by atoms with Crippen molar-refractivity contribution in [2.24, 2.45) is 11.8 Å². The maximum atomic E-state index is 13.8. The molecule has 0 aliphatic heterocycles. The van der Waals surface area contributed by atoms with Crippen LogP contribution in [0.25, 0.3) is 5.69 Å². The first kappa shape index (κ1) is 27.3. The molecule has 0 amide bonds. The number of anilines is 1. The van der Waals surface area contributed by atoms with Crippen molar-refractivity contribution in [3.05, 3.63) is 47.8 Å². The fraction of sp³-hybridized carbons (Fsp3) is 0.538. The molecule has 2 heterocycles. The van der Waals surface area contributed by atoms with Crippen LogP contribution in [0.5, 0.6) is 11.5 Å². The summed E-state index contributed by atoms with van der Waals surface area (Å²) < 4.78 is 49.1. The molecule has 0 radical (unpaired) electrons. The summed E-state index contributed by atoms with van der Waals surface area (Å²) in [5, 5.41) is 17.8. The third-order valence-electron chi connectivity index (χ3n) is 7.58. The van der Waals surface area contributed by atoms with Gasteiger partial charge >= 0.3 is 0 Å².